The highest BCUT2D eigenvalue weighted by Gasteiger charge is 2.44. The number of hydrogen-bond donors (Lipinski definition) is 1. The van der Waals surface area contributed by atoms with Gasteiger partial charge in [0.1, 0.15) is 0 Å². The molecule has 0 aliphatic heterocycles. The Morgan fingerprint density at radius 1 is 1.29 bits per heavy atom. The van der Waals surface area contributed by atoms with Gasteiger partial charge in [-0.15, -0.1) is 0 Å². The normalized spacial score (nSPS) is 17.8. The third kappa shape index (κ3) is 2.36. The molecule has 1 fully saturated rings. The Balaban J connectivity index is 2.11. The van der Waals surface area contributed by atoms with Gasteiger partial charge in [0.2, 0.25) is 0 Å². The van der Waals surface area contributed by atoms with Crippen LogP contribution in [0.3, 0.4) is 0 Å². The fraction of sp³-hybridized carbons (Fsp3) is 0.533. The monoisotopic (exact) mass is 232 g/mol. The molecule has 0 aromatic heterocycles. The standard InChI is InChI=1S/C15H20O2/c1-11(2)13-6-4-12(5-7-13)10-15(14(16)17)8-3-9-15/h4-7,11H,3,8-10H2,1-2H3,(H,16,17). The molecule has 2 nitrogen and oxygen atoms in total. The minimum absolute atomic E-state index is 0.473. The van der Waals surface area contributed by atoms with Gasteiger partial charge in [-0.25, -0.2) is 0 Å². The molecule has 0 amide bonds. The maximum absolute atomic E-state index is 11.3. The van der Waals surface area contributed by atoms with Crippen LogP contribution in [0.5, 0.6) is 0 Å². The third-order valence-corrected chi connectivity index (χ3v) is 3.95. The van der Waals surface area contributed by atoms with E-state index in [0.29, 0.717) is 12.3 Å². The predicted molar refractivity (Wildman–Crippen MR) is 68.2 cm³/mol. The molecular formula is C15H20O2. The maximum atomic E-state index is 11.3. The number of rotatable bonds is 4. The first-order valence-corrected chi connectivity index (χ1v) is 6.36. The van der Waals surface area contributed by atoms with Crippen LogP contribution >= 0.6 is 0 Å². The van der Waals surface area contributed by atoms with Gasteiger partial charge in [-0.3, -0.25) is 4.79 Å². The van der Waals surface area contributed by atoms with Crippen molar-refractivity contribution in [1.82, 2.24) is 0 Å². The second kappa shape index (κ2) is 4.52. The lowest BCUT2D eigenvalue weighted by Gasteiger charge is -2.37. The second-order valence-corrected chi connectivity index (χ2v) is 5.51. The molecule has 17 heavy (non-hydrogen) atoms. The van der Waals surface area contributed by atoms with E-state index in [-0.39, 0.29) is 0 Å². The average Bonchev–Trinajstić information content (AvgIpc) is 2.23. The summed E-state index contributed by atoms with van der Waals surface area (Å²) in [5.41, 5.74) is 1.99. The summed E-state index contributed by atoms with van der Waals surface area (Å²) >= 11 is 0. The van der Waals surface area contributed by atoms with Crippen LogP contribution in [0.4, 0.5) is 0 Å². The van der Waals surface area contributed by atoms with Crippen molar-refractivity contribution < 1.29 is 9.90 Å². The van der Waals surface area contributed by atoms with E-state index in [4.69, 9.17) is 0 Å². The molecule has 1 saturated carbocycles. The van der Waals surface area contributed by atoms with E-state index in [1.165, 1.54) is 5.56 Å². The van der Waals surface area contributed by atoms with Crippen molar-refractivity contribution in [1.29, 1.82) is 0 Å². The molecule has 0 unspecified atom stereocenters. The van der Waals surface area contributed by atoms with Crippen LogP contribution in [0.25, 0.3) is 0 Å². The number of hydrogen-bond acceptors (Lipinski definition) is 1. The molecule has 2 rings (SSSR count). The molecule has 0 bridgehead atoms. The maximum Gasteiger partial charge on any atom is 0.309 e. The van der Waals surface area contributed by atoms with Gasteiger partial charge in [0.05, 0.1) is 5.41 Å². The second-order valence-electron chi connectivity index (χ2n) is 5.51. The Morgan fingerprint density at radius 2 is 1.88 bits per heavy atom. The molecular weight excluding hydrogens is 212 g/mol. The van der Waals surface area contributed by atoms with Crippen LogP contribution in [0, 0.1) is 5.41 Å². The van der Waals surface area contributed by atoms with Crippen molar-refractivity contribution in [3.8, 4) is 0 Å². The van der Waals surface area contributed by atoms with Gasteiger partial charge in [0, 0.05) is 0 Å². The zero-order valence-electron chi connectivity index (χ0n) is 10.6. The van der Waals surface area contributed by atoms with Gasteiger partial charge < -0.3 is 5.11 Å². The van der Waals surface area contributed by atoms with Gasteiger partial charge in [-0.05, 0) is 36.3 Å². The van der Waals surface area contributed by atoms with Crippen LogP contribution in [0.2, 0.25) is 0 Å². The molecule has 1 aliphatic carbocycles. The number of carboxylic acid groups (broad SMARTS) is 1. The van der Waals surface area contributed by atoms with Crippen LogP contribution in [-0.2, 0) is 11.2 Å². The Labute approximate surface area is 103 Å². The highest BCUT2D eigenvalue weighted by molar-refractivity contribution is 5.76. The first-order chi connectivity index (χ1) is 8.03. The van der Waals surface area contributed by atoms with E-state index in [9.17, 15) is 9.90 Å². The van der Waals surface area contributed by atoms with Crippen LogP contribution < -0.4 is 0 Å². The highest BCUT2D eigenvalue weighted by Crippen LogP contribution is 2.44. The molecule has 1 N–H and O–H groups in total. The zero-order valence-corrected chi connectivity index (χ0v) is 10.6. The highest BCUT2D eigenvalue weighted by atomic mass is 16.4. The lowest BCUT2D eigenvalue weighted by Crippen LogP contribution is -2.39. The molecule has 1 aromatic carbocycles. The van der Waals surface area contributed by atoms with Crippen molar-refractivity contribution >= 4 is 5.97 Å². The average molecular weight is 232 g/mol. The Kier molecular flexibility index (Phi) is 3.23. The summed E-state index contributed by atoms with van der Waals surface area (Å²) in [6, 6.07) is 8.40. The molecule has 0 spiro atoms. The lowest BCUT2D eigenvalue weighted by molar-refractivity contribution is -0.154. The van der Waals surface area contributed by atoms with Gasteiger partial charge in [0.25, 0.3) is 0 Å². The first kappa shape index (κ1) is 12.2. The van der Waals surface area contributed by atoms with E-state index in [1.807, 2.05) is 0 Å². The summed E-state index contributed by atoms with van der Waals surface area (Å²) < 4.78 is 0. The van der Waals surface area contributed by atoms with Gasteiger partial charge >= 0.3 is 5.97 Å². The zero-order chi connectivity index (χ0) is 12.5. The summed E-state index contributed by atoms with van der Waals surface area (Å²) in [5.74, 6) is -0.0992. The Bertz CT molecular complexity index is 399. The van der Waals surface area contributed by atoms with E-state index in [2.05, 4.69) is 38.1 Å². The Hall–Kier alpha value is -1.31. The summed E-state index contributed by atoms with van der Waals surface area (Å²) in [6.07, 6.45) is 3.39. The van der Waals surface area contributed by atoms with Crippen LogP contribution in [0.1, 0.15) is 50.2 Å². The van der Waals surface area contributed by atoms with Crippen molar-refractivity contribution in [3.05, 3.63) is 35.4 Å². The summed E-state index contributed by atoms with van der Waals surface area (Å²) in [5, 5.41) is 9.29. The summed E-state index contributed by atoms with van der Waals surface area (Å²) in [6.45, 7) is 4.33. The third-order valence-electron chi connectivity index (χ3n) is 3.95. The SMILES string of the molecule is CC(C)c1ccc(CC2(C(=O)O)CCC2)cc1. The number of aliphatic carboxylic acids is 1. The van der Waals surface area contributed by atoms with Crippen molar-refractivity contribution in [2.75, 3.05) is 0 Å². The number of carbonyl (C=O) groups is 1. The molecule has 0 heterocycles. The van der Waals surface area contributed by atoms with Gasteiger partial charge in [0.15, 0.2) is 0 Å². The topological polar surface area (TPSA) is 37.3 Å². The molecule has 0 saturated heterocycles. The van der Waals surface area contributed by atoms with E-state index >= 15 is 0 Å². The predicted octanol–water partition coefficient (Wildman–Crippen LogP) is 3.61. The molecule has 2 heteroatoms. The fourth-order valence-electron chi connectivity index (χ4n) is 2.48. The summed E-state index contributed by atoms with van der Waals surface area (Å²) in [4.78, 5) is 11.3. The van der Waals surface area contributed by atoms with Crippen LogP contribution in [-0.4, -0.2) is 11.1 Å². The quantitative estimate of drug-likeness (QED) is 0.861. The largest absolute Gasteiger partial charge is 0.481 e. The molecule has 92 valence electrons. The smallest absolute Gasteiger partial charge is 0.309 e. The molecule has 0 radical (unpaired) electrons. The van der Waals surface area contributed by atoms with E-state index < -0.39 is 11.4 Å². The number of carboxylic acids is 1. The molecule has 0 atom stereocenters. The molecule has 1 aromatic rings. The first-order valence-electron chi connectivity index (χ1n) is 6.36. The fourth-order valence-corrected chi connectivity index (χ4v) is 2.48. The van der Waals surface area contributed by atoms with E-state index in [1.54, 1.807) is 0 Å². The van der Waals surface area contributed by atoms with Crippen molar-refractivity contribution in [3.63, 3.8) is 0 Å². The van der Waals surface area contributed by atoms with Crippen molar-refractivity contribution in [2.24, 2.45) is 5.41 Å². The lowest BCUT2D eigenvalue weighted by atomic mass is 9.65. The van der Waals surface area contributed by atoms with E-state index in [0.717, 1.165) is 24.8 Å². The Morgan fingerprint density at radius 3 is 2.24 bits per heavy atom. The van der Waals surface area contributed by atoms with Gasteiger partial charge in [-0.1, -0.05) is 44.5 Å². The minimum Gasteiger partial charge on any atom is -0.481 e. The van der Waals surface area contributed by atoms with Crippen molar-refractivity contribution in [2.45, 2.75) is 45.4 Å². The number of benzene rings is 1. The van der Waals surface area contributed by atoms with Gasteiger partial charge in [-0.2, -0.15) is 0 Å². The molecule has 1 aliphatic rings. The minimum atomic E-state index is -0.628. The van der Waals surface area contributed by atoms with Crippen LogP contribution in [0.15, 0.2) is 24.3 Å². The summed E-state index contributed by atoms with van der Waals surface area (Å²) in [7, 11) is 0.